The van der Waals surface area contributed by atoms with Gasteiger partial charge in [-0.05, 0) is 105 Å². The van der Waals surface area contributed by atoms with Crippen LogP contribution in [0.5, 0.6) is 11.5 Å². The molecule has 0 aliphatic carbocycles. The fourth-order valence-corrected chi connectivity index (χ4v) is 5.04. The molecule has 5 aromatic carbocycles. The molecule has 0 bridgehead atoms. The molecule has 0 saturated heterocycles. The third-order valence-corrected chi connectivity index (χ3v) is 7.58. The first-order valence-corrected chi connectivity index (χ1v) is 14.4. The van der Waals surface area contributed by atoms with E-state index in [1.807, 2.05) is 60.7 Å². The van der Waals surface area contributed by atoms with Crippen LogP contribution >= 0.6 is 27.5 Å². The molecule has 0 spiro atoms. The first-order chi connectivity index (χ1) is 20.4. The number of nitrogens with zero attached hydrogens (tertiary/aromatic N) is 1. The summed E-state index contributed by atoms with van der Waals surface area (Å²) in [6, 6.07) is 34.3. The van der Waals surface area contributed by atoms with Crippen molar-refractivity contribution in [3.8, 4) is 17.6 Å². The lowest BCUT2D eigenvalue weighted by atomic mass is 10.0. The molecule has 1 amide bonds. The van der Waals surface area contributed by atoms with Crippen molar-refractivity contribution in [3.63, 3.8) is 0 Å². The Labute approximate surface area is 258 Å². The van der Waals surface area contributed by atoms with Crippen LogP contribution in [0, 0.1) is 18.3 Å². The van der Waals surface area contributed by atoms with Crippen LogP contribution in [0.1, 0.15) is 22.3 Å². The number of carbonyl (C=O) groups excluding carboxylic acids is 1. The second kappa shape index (κ2) is 13.4. The number of nitrogens with one attached hydrogen (secondary N) is 1. The Morgan fingerprint density at radius 3 is 2.43 bits per heavy atom. The summed E-state index contributed by atoms with van der Waals surface area (Å²) in [5.41, 5.74) is 4.50. The third-order valence-electron chi connectivity index (χ3n) is 6.71. The summed E-state index contributed by atoms with van der Waals surface area (Å²) >= 11 is 9.50. The monoisotopic (exact) mass is 636 g/mol. The molecule has 5 nitrogen and oxygen atoms in total. The number of rotatable bonds is 9. The van der Waals surface area contributed by atoms with Crippen LogP contribution in [0.4, 0.5) is 5.69 Å². The average Bonchev–Trinajstić information content (AvgIpc) is 3.00. The predicted octanol–water partition coefficient (Wildman–Crippen LogP) is 9.27. The summed E-state index contributed by atoms with van der Waals surface area (Å²) < 4.78 is 12.7. The molecule has 0 heterocycles. The third kappa shape index (κ3) is 7.19. The van der Waals surface area contributed by atoms with Gasteiger partial charge < -0.3 is 14.8 Å². The van der Waals surface area contributed by atoms with Gasteiger partial charge in [0, 0.05) is 16.3 Å². The number of carbonyl (C=O) groups is 1. The number of ether oxygens (including phenoxy) is 2. The maximum absolute atomic E-state index is 12.8. The SMILES string of the molecule is Cc1ccc2ccccc2c1COc1ccc(/C=C(\C#N)C(=O)Nc2ccc(OCc3ccc(Cl)cc3)cc2)cc1Br. The normalized spacial score (nSPS) is 11.1. The van der Waals surface area contributed by atoms with Crippen molar-refractivity contribution in [1.82, 2.24) is 0 Å². The number of anilines is 1. The lowest BCUT2D eigenvalue weighted by Crippen LogP contribution is -2.13. The number of amides is 1. The van der Waals surface area contributed by atoms with Crippen LogP contribution in [-0.4, -0.2) is 5.91 Å². The minimum absolute atomic E-state index is 0.0231. The summed E-state index contributed by atoms with van der Waals surface area (Å²) in [5.74, 6) is 0.817. The number of aryl methyl sites for hydroxylation is 1. The van der Waals surface area contributed by atoms with Gasteiger partial charge in [0.05, 0.1) is 4.47 Å². The first-order valence-electron chi connectivity index (χ1n) is 13.2. The number of fused-ring (bicyclic) bond motifs is 1. The van der Waals surface area contributed by atoms with Crippen LogP contribution in [0.3, 0.4) is 0 Å². The molecule has 0 fully saturated rings. The smallest absolute Gasteiger partial charge is 0.266 e. The van der Waals surface area contributed by atoms with Gasteiger partial charge in [0.15, 0.2) is 0 Å². The Balaban J connectivity index is 1.21. The first kappa shape index (κ1) is 28.9. The molecule has 0 aliphatic rings. The van der Waals surface area contributed by atoms with E-state index in [0.29, 0.717) is 41.0 Å². The van der Waals surface area contributed by atoms with Crippen molar-refractivity contribution in [3.05, 3.63) is 140 Å². The lowest BCUT2D eigenvalue weighted by molar-refractivity contribution is -0.112. The molecule has 5 rings (SSSR count). The molecular formula is C35H26BrClN2O3. The topological polar surface area (TPSA) is 71.3 Å². The minimum Gasteiger partial charge on any atom is -0.489 e. The predicted molar refractivity (Wildman–Crippen MR) is 172 cm³/mol. The second-order valence-corrected chi connectivity index (χ2v) is 10.9. The van der Waals surface area contributed by atoms with Gasteiger partial charge in [-0.2, -0.15) is 5.26 Å². The van der Waals surface area contributed by atoms with Crippen molar-refractivity contribution in [2.24, 2.45) is 0 Å². The molecule has 5 aromatic rings. The van der Waals surface area contributed by atoms with Crippen LogP contribution < -0.4 is 14.8 Å². The molecule has 0 aromatic heterocycles. The Hall–Kier alpha value is -4.57. The number of nitriles is 1. The minimum atomic E-state index is -0.504. The largest absolute Gasteiger partial charge is 0.489 e. The van der Waals surface area contributed by atoms with E-state index in [-0.39, 0.29) is 5.57 Å². The van der Waals surface area contributed by atoms with Gasteiger partial charge in [-0.15, -0.1) is 0 Å². The molecule has 42 heavy (non-hydrogen) atoms. The second-order valence-electron chi connectivity index (χ2n) is 9.62. The quantitative estimate of drug-likeness (QED) is 0.129. The summed E-state index contributed by atoms with van der Waals surface area (Å²) in [6.45, 7) is 2.89. The summed E-state index contributed by atoms with van der Waals surface area (Å²) in [6.07, 6.45) is 1.54. The highest BCUT2D eigenvalue weighted by Gasteiger charge is 2.12. The van der Waals surface area contributed by atoms with E-state index in [2.05, 4.69) is 52.4 Å². The van der Waals surface area contributed by atoms with Gasteiger partial charge in [0.1, 0.15) is 36.4 Å². The van der Waals surface area contributed by atoms with Gasteiger partial charge in [0.2, 0.25) is 0 Å². The highest BCUT2D eigenvalue weighted by atomic mass is 79.9. The van der Waals surface area contributed by atoms with Gasteiger partial charge in [-0.3, -0.25) is 4.79 Å². The Morgan fingerprint density at radius 1 is 0.929 bits per heavy atom. The van der Waals surface area contributed by atoms with Crippen LogP contribution in [-0.2, 0) is 18.0 Å². The molecule has 208 valence electrons. The number of benzene rings is 5. The van der Waals surface area contributed by atoms with E-state index in [1.165, 1.54) is 5.39 Å². The average molecular weight is 638 g/mol. The fourth-order valence-electron chi connectivity index (χ4n) is 4.41. The van der Waals surface area contributed by atoms with Gasteiger partial charge in [0.25, 0.3) is 5.91 Å². The van der Waals surface area contributed by atoms with Crippen LogP contribution in [0.25, 0.3) is 16.8 Å². The van der Waals surface area contributed by atoms with Crippen molar-refractivity contribution < 1.29 is 14.3 Å². The fraction of sp³-hybridized carbons (Fsp3) is 0.0857. The highest BCUT2D eigenvalue weighted by molar-refractivity contribution is 9.10. The van der Waals surface area contributed by atoms with Crippen molar-refractivity contribution >= 4 is 56.0 Å². The lowest BCUT2D eigenvalue weighted by Gasteiger charge is -2.13. The van der Waals surface area contributed by atoms with E-state index >= 15 is 0 Å². The van der Waals surface area contributed by atoms with Crippen LogP contribution in [0.2, 0.25) is 5.02 Å². The number of hydrogen-bond acceptors (Lipinski definition) is 4. The van der Waals surface area contributed by atoms with E-state index in [4.69, 9.17) is 21.1 Å². The molecule has 0 unspecified atom stereocenters. The molecule has 7 heteroatoms. The summed E-state index contributed by atoms with van der Waals surface area (Å²) in [4.78, 5) is 12.8. The summed E-state index contributed by atoms with van der Waals surface area (Å²) in [7, 11) is 0. The van der Waals surface area contributed by atoms with E-state index in [9.17, 15) is 10.1 Å². The molecule has 1 N–H and O–H groups in total. The molecule has 0 atom stereocenters. The molecule has 0 saturated carbocycles. The highest BCUT2D eigenvalue weighted by Crippen LogP contribution is 2.30. The molecule has 0 aliphatic heterocycles. The van der Waals surface area contributed by atoms with Gasteiger partial charge in [-0.25, -0.2) is 0 Å². The van der Waals surface area contributed by atoms with E-state index in [1.54, 1.807) is 30.3 Å². The van der Waals surface area contributed by atoms with Crippen molar-refractivity contribution in [2.45, 2.75) is 20.1 Å². The van der Waals surface area contributed by atoms with Crippen molar-refractivity contribution in [2.75, 3.05) is 5.32 Å². The van der Waals surface area contributed by atoms with Crippen LogP contribution in [0.15, 0.2) is 113 Å². The Morgan fingerprint density at radius 2 is 1.69 bits per heavy atom. The van der Waals surface area contributed by atoms with E-state index < -0.39 is 5.91 Å². The van der Waals surface area contributed by atoms with Crippen molar-refractivity contribution in [1.29, 1.82) is 5.26 Å². The Bertz CT molecular complexity index is 1810. The summed E-state index contributed by atoms with van der Waals surface area (Å²) in [5, 5.41) is 15.5. The zero-order valence-corrected chi connectivity index (χ0v) is 25.1. The van der Waals surface area contributed by atoms with E-state index in [0.717, 1.165) is 26.5 Å². The van der Waals surface area contributed by atoms with Gasteiger partial charge >= 0.3 is 0 Å². The number of hydrogen-bond donors (Lipinski definition) is 1. The molecular weight excluding hydrogens is 612 g/mol. The zero-order valence-electron chi connectivity index (χ0n) is 22.7. The zero-order chi connectivity index (χ0) is 29.5. The van der Waals surface area contributed by atoms with Gasteiger partial charge in [-0.1, -0.05) is 66.2 Å². The maximum Gasteiger partial charge on any atom is 0.266 e. The standard InChI is InChI=1S/C35H26BrClN2O3/c1-23-6-10-26-4-2-3-5-31(26)32(23)22-42-34-17-9-25(19-33(34)36)18-27(20-38)35(40)39-29-13-15-30(16-14-29)41-21-24-7-11-28(37)12-8-24/h2-19H,21-22H2,1H3,(H,39,40)/b27-18+. The number of halogens is 2. The maximum atomic E-state index is 12.8. The molecule has 0 radical (unpaired) electrons. The Kier molecular flexibility index (Phi) is 9.23.